The van der Waals surface area contributed by atoms with Gasteiger partial charge in [0.2, 0.25) is 0 Å². The lowest BCUT2D eigenvalue weighted by Gasteiger charge is -2.30. The summed E-state index contributed by atoms with van der Waals surface area (Å²) in [5.74, 6) is -0.237. The molecule has 0 saturated carbocycles. The maximum Gasteiger partial charge on any atom is 0.270 e. The Labute approximate surface area is 178 Å². The van der Waals surface area contributed by atoms with Crippen molar-refractivity contribution in [3.63, 3.8) is 0 Å². The van der Waals surface area contributed by atoms with Gasteiger partial charge in [0.05, 0.1) is 0 Å². The predicted octanol–water partition coefficient (Wildman–Crippen LogP) is 1.36. The fourth-order valence-corrected chi connectivity index (χ4v) is 3.77. The molecule has 162 valence electrons. The van der Waals surface area contributed by atoms with E-state index in [1.807, 2.05) is 13.0 Å². The number of tetrazole rings is 1. The fraction of sp³-hybridized carbons (Fsp3) is 0.381. The highest BCUT2D eigenvalue weighted by atomic mass is 16.5. The predicted molar refractivity (Wildman–Crippen MR) is 110 cm³/mol. The number of aliphatic hydroxyl groups is 1. The molecular weight excluding hydrogens is 400 g/mol. The molecule has 2 N–H and O–H groups in total. The number of hydrogen-bond acceptors (Lipinski definition) is 7. The molecule has 0 unspecified atom stereocenters. The van der Waals surface area contributed by atoms with E-state index in [-0.39, 0.29) is 24.1 Å². The maximum atomic E-state index is 13.0. The Bertz CT molecular complexity index is 1100. The Balaban J connectivity index is 1.54. The molecule has 1 aliphatic rings. The van der Waals surface area contributed by atoms with Crippen molar-refractivity contribution in [2.24, 2.45) is 0 Å². The lowest BCUT2D eigenvalue weighted by molar-refractivity contribution is -0.0756. The average molecular weight is 424 g/mol. The van der Waals surface area contributed by atoms with Gasteiger partial charge in [-0.15, -0.1) is 5.10 Å². The van der Waals surface area contributed by atoms with Crippen molar-refractivity contribution in [2.45, 2.75) is 38.8 Å². The number of amides is 1. The zero-order valence-electron chi connectivity index (χ0n) is 17.4. The molecular formula is C21H24N6O4. The molecule has 0 atom stereocenters. The monoisotopic (exact) mass is 424 g/mol. The van der Waals surface area contributed by atoms with E-state index in [4.69, 9.17) is 4.74 Å². The molecule has 2 aromatic heterocycles. The van der Waals surface area contributed by atoms with Crippen LogP contribution in [0, 0.1) is 13.8 Å². The van der Waals surface area contributed by atoms with E-state index >= 15 is 0 Å². The molecule has 0 aliphatic carbocycles. The number of carbonyl (C=O) groups excluding carboxylic acids is 2. The van der Waals surface area contributed by atoms with Crippen molar-refractivity contribution in [1.82, 2.24) is 24.9 Å². The van der Waals surface area contributed by atoms with Crippen LogP contribution in [0.5, 0.6) is 0 Å². The summed E-state index contributed by atoms with van der Waals surface area (Å²) in [5, 5.41) is 22.4. The van der Waals surface area contributed by atoms with Crippen molar-refractivity contribution in [3.05, 3.63) is 64.7 Å². The van der Waals surface area contributed by atoms with Gasteiger partial charge in [0.15, 0.2) is 11.6 Å². The highest BCUT2D eigenvalue weighted by molar-refractivity contribution is 6.01. The van der Waals surface area contributed by atoms with E-state index in [0.29, 0.717) is 48.6 Å². The summed E-state index contributed by atoms with van der Waals surface area (Å²) in [5.41, 5.74) is 3.89. The van der Waals surface area contributed by atoms with Crippen LogP contribution in [0.15, 0.2) is 36.4 Å². The van der Waals surface area contributed by atoms with E-state index in [2.05, 4.69) is 21.0 Å². The van der Waals surface area contributed by atoms with Gasteiger partial charge in [-0.2, -0.15) is 0 Å². The third-order valence-corrected chi connectivity index (χ3v) is 5.54. The van der Waals surface area contributed by atoms with Crippen LogP contribution < -0.4 is 5.43 Å². The average Bonchev–Trinajstić information content (AvgIpc) is 3.35. The second-order valence-corrected chi connectivity index (χ2v) is 7.65. The molecule has 3 heterocycles. The third-order valence-electron chi connectivity index (χ3n) is 5.54. The van der Waals surface area contributed by atoms with Crippen LogP contribution in [0.2, 0.25) is 0 Å². The summed E-state index contributed by atoms with van der Waals surface area (Å²) < 4.78 is 8.23. The number of rotatable bonds is 6. The van der Waals surface area contributed by atoms with Crippen LogP contribution in [0.1, 0.15) is 50.8 Å². The standard InChI is InChI=1S/C21H24N6O4/c1-14-12-17(15(2)27(14)23-19(29)16-6-4-3-5-7-16)18(28)13-26-20(22-24-25-26)21(30)8-10-31-11-9-21/h3-7,12,30H,8-11,13H2,1-2H3,(H,23,29). The lowest BCUT2D eigenvalue weighted by Crippen LogP contribution is -2.37. The summed E-state index contributed by atoms with van der Waals surface area (Å²) >= 11 is 0. The Kier molecular flexibility index (Phi) is 5.66. The molecule has 1 aromatic carbocycles. The number of ketones is 1. The van der Waals surface area contributed by atoms with E-state index in [9.17, 15) is 14.7 Å². The topological polar surface area (TPSA) is 124 Å². The first-order valence-corrected chi connectivity index (χ1v) is 10.0. The Morgan fingerprint density at radius 3 is 2.61 bits per heavy atom. The number of benzene rings is 1. The van der Waals surface area contributed by atoms with Gasteiger partial charge in [-0.25, -0.2) is 4.68 Å². The molecule has 0 radical (unpaired) electrons. The Morgan fingerprint density at radius 1 is 1.19 bits per heavy atom. The number of carbonyl (C=O) groups is 2. The van der Waals surface area contributed by atoms with Gasteiger partial charge < -0.3 is 9.84 Å². The second-order valence-electron chi connectivity index (χ2n) is 7.65. The minimum atomic E-state index is -1.22. The minimum Gasteiger partial charge on any atom is -0.382 e. The highest BCUT2D eigenvalue weighted by Gasteiger charge is 2.37. The van der Waals surface area contributed by atoms with Crippen molar-refractivity contribution in [2.75, 3.05) is 18.6 Å². The Hall–Kier alpha value is -3.37. The number of nitrogens with one attached hydrogen (secondary N) is 1. The van der Waals surface area contributed by atoms with Gasteiger partial charge in [-0.1, -0.05) is 18.2 Å². The molecule has 10 nitrogen and oxygen atoms in total. The summed E-state index contributed by atoms with van der Waals surface area (Å²) in [6.45, 7) is 4.25. The van der Waals surface area contributed by atoms with Crippen LogP contribution in [0.3, 0.4) is 0 Å². The normalized spacial score (nSPS) is 15.6. The quantitative estimate of drug-likeness (QED) is 0.573. The van der Waals surface area contributed by atoms with Crippen LogP contribution in [-0.2, 0) is 16.9 Å². The number of ether oxygens (including phenoxy) is 1. The molecule has 0 spiro atoms. The molecule has 1 fully saturated rings. The number of nitrogens with zero attached hydrogens (tertiary/aromatic N) is 5. The number of Topliss-reactive ketones (excluding diaryl/α,β-unsaturated/α-hetero) is 1. The molecule has 3 aromatic rings. The van der Waals surface area contributed by atoms with Crippen molar-refractivity contribution in [1.29, 1.82) is 0 Å². The molecule has 0 bridgehead atoms. The SMILES string of the molecule is Cc1cc(C(=O)Cn2nnnc2C2(O)CCOCC2)c(C)n1NC(=O)c1ccccc1. The molecule has 31 heavy (non-hydrogen) atoms. The summed E-state index contributed by atoms with van der Waals surface area (Å²) in [6, 6.07) is 10.6. The van der Waals surface area contributed by atoms with E-state index in [0.717, 1.165) is 0 Å². The Morgan fingerprint density at radius 2 is 1.90 bits per heavy atom. The third kappa shape index (κ3) is 4.12. The molecule has 10 heteroatoms. The first kappa shape index (κ1) is 20.9. The zero-order valence-corrected chi connectivity index (χ0v) is 17.4. The molecule has 1 aliphatic heterocycles. The highest BCUT2D eigenvalue weighted by Crippen LogP contribution is 2.30. The second kappa shape index (κ2) is 8.40. The van der Waals surface area contributed by atoms with Gasteiger partial charge in [0, 0.05) is 48.6 Å². The summed E-state index contributed by atoms with van der Waals surface area (Å²) in [6.07, 6.45) is 0.725. The van der Waals surface area contributed by atoms with Gasteiger partial charge in [-0.05, 0) is 42.5 Å². The van der Waals surface area contributed by atoms with Crippen LogP contribution in [0.4, 0.5) is 0 Å². The van der Waals surface area contributed by atoms with Gasteiger partial charge in [0.1, 0.15) is 12.1 Å². The van der Waals surface area contributed by atoms with Crippen molar-refractivity contribution >= 4 is 11.7 Å². The summed E-state index contributed by atoms with van der Waals surface area (Å²) in [4.78, 5) is 25.6. The van der Waals surface area contributed by atoms with Crippen molar-refractivity contribution < 1.29 is 19.4 Å². The van der Waals surface area contributed by atoms with Crippen LogP contribution in [-0.4, -0.2) is 54.9 Å². The van der Waals surface area contributed by atoms with Gasteiger partial charge in [-0.3, -0.25) is 19.7 Å². The molecule has 1 saturated heterocycles. The van der Waals surface area contributed by atoms with Crippen molar-refractivity contribution in [3.8, 4) is 0 Å². The first-order chi connectivity index (χ1) is 14.9. The number of aryl methyl sites for hydroxylation is 1. The largest absolute Gasteiger partial charge is 0.382 e. The van der Waals surface area contributed by atoms with Crippen LogP contribution >= 0.6 is 0 Å². The molecule has 1 amide bonds. The van der Waals surface area contributed by atoms with E-state index < -0.39 is 5.60 Å². The first-order valence-electron chi connectivity index (χ1n) is 10.0. The summed E-state index contributed by atoms with van der Waals surface area (Å²) in [7, 11) is 0. The van der Waals surface area contributed by atoms with Gasteiger partial charge >= 0.3 is 0 Å². The minimum absolute atomic E-state index is 0.123. The van der Waals surface area contributed by atoms with E-state index in [1.54, 1.807) is 41.9 Å². The van der Waals surface area contributed by atoms with E-state index in [1.165, 1.54) is 4.68 Å². The lowest BCUT2D eigenvalue weighted by atomic mass is 9.93. The fourth-order valence-electron chi connectivity index (χ4n) is 3.77. The van der Waals surface area contributed by atoms with Gasteiger partial charge in [0.25, 0.3) is 5.91 Å². The molecule has 4 rings (SSSR count). The smallest absolute Gasteiger partial charge is 0.270 e. The number of hydrogen-bond donors (Lipinski definition) is 2. The maximum absolute atomic E-state index is 13.0. The number of aromatic nitrogens is 5. The zero-order chi connectivity index (χ0) is 22.0. The van der Waals surface area contributed by atoms with Crippen LogP contribution in [0.25, 0.3) is 0 Å².